The van der Waals surface area contributed by atoms with Gasteiger partial charge in [0.25, 0.3) is 0 Å². The zero-order valence-corrected chi connectivity index (χ0v) is 10.2. The predicted molar refractivity (Wildman–Crippen MR) is 64.7 cm³/mol. The number of nitrogens with zero attached hydrogens (tertiary/aromatic N) is 1. The molecule has 17 heavy (non-hydrogen) atoms. The van der Waals surface area contributed by atoms with Gasteiger partial charge in [-0.2, -0.15) is 0 Å². The molecular weight excluding hydrogens is 221 g/mol. The largest absolute Gasteiger partial charge is 0.389 e. The lowest BCUT2D eigenvalue weighted by molar-refractivity contribution is 0.191. The molecule has 0 aliphatic carbocycles. The van der Waals surface area contributed by atoms with Gasteiger partial charge in [0.15, 0.2) is 0 Å². The Morgan fingerprint density at radius 2 is 2.29 bits per heavy atom. The van der Waals surface area contributed by atoms with Crippen molar-refractivity contribution in [3.63, 3.8) is 0 Å². The molecule has 2 atom stereocenters. The number of anilines is 1. The predicted octanol–water partition coefficient (Wildman–Crippen LogP) is 2.10. The summed E-state index contributed by atoms with van der Waals surface area (Å²) in [6.07, 6.45) is 0.127. The van der Waals surface area contributed by atoms with E-state index in [9.17, 15) is 9.50 Å². The van der Waals surface area contributed by atoms with Gasteiger partial charge >= 0.3 is 0 Å². The van der Waals surface area contributed by atoms with Crippen LogP contribution in [0.15, 0.2) is 18.2 Å². The Labute approximate surface area is 101 Å². The fourth-order valence-corrected chi connectivity index (χ4v) is 2.27. The third-order valence-electron chi connectivity index (χ3n) is 3.28. The highest BCUT2D eigenvalue weighted by Gasteiger charge is 2.24. The number of hydrogen-bond acceptors (Lipinski definition) is 3. The summed E-state index contributed by atoms with van der Waals surface area (Å²) in [4.78, 5) is 2.00. The number of ether oxygens (including phenoxy) is 1. The first-order valence-electron chi connectivity index (χ1n) is 5.88. The summed E-state index contributed by atoms with van der Waals surface area (Å²) in [5, 5.41) is 9.68. The van der Waals surface area contributed by atoms with E-state index in [1.165, 1.54) is 6.07 Å². The molecule has 1 aromatic carbocycles. The van der Waals surface area contributed by atoms with E-state index in [1.807, 2.05) is 18.0 Å². The summed E-state index contributed by atoms with van der Waals surface area (Å²) < 4.78 is 19.1. The quantitative estimate of drug-likeness (QED) is 0.876. The molecule has 1 saturated heterocycles. The lowest BCUT2D eigenvalue weighted by atomic mass is 10.1. The van der Waals surface area contributed by atoms with Crippen LogP contribution in [0.3, 0.4) is 0 Å². The van der Waals surface area contributed by atoms with Crippen LogP contribution in [0, 0.1) is 5.82 Å². The molecule has 2 rings (SSSR count). The zero-order valence-electron chi connectivity index (χ0n) is 10.2. The number of likely N-dealkylation sites (N-methyl/N-ethyl adjacent to an activating group) is 1. The molecule has 1 aromatic rings. The Morgan fingerprint density at radius 3 is 2.88 bits per heavy atom. The first kappa shape index (κ1) is 12.3. The van der Waals surface area contributed by atoms with Gasteiger partial charge in [0.1, 0.15) is 5.82 Å². The van der Waals surface area contributed by atoms with E-state index < -0.39 is 6.10 Å². The molecule has 0 spiro atoms. The number of aliphatic hydroxyl groups is 1. The second-order valence-corrected chi connectivity index (χ2v) is 4.48. The highest BCUT2D eigenvalue weighted by atomic mass is 19.1. The summed E-state index contributed by atoms with van der Waals surface area (Å²) in [6, 6.07) is 5.14. The third-order valence-corrected chi connectivity index (χ3v) is 3.28. The van der Waals surface area contributed by atoms with Gasteiger partial charge in [0.05, 0.1) is 18.8 Å². The van der Waals surface area contributed by atoms with Crippen LogP contribution >= 0.6 is 0 Å². The van der Waals surface area contributed by atoms with Crippen molar-refractivity contribution in [2.45, 2.75) is 25.5 Å². The van der Waals surface area contributed by atoms with E-state index in [0.29, 0.717) is 12.2 Å². The van der Waals surface area contributed by atoms with Crippen molar-refractivity contribution in [3.05, 3.63) is 29.6 Å². The lowest BCUT2D eigenvalue weighted by Crippen LogP contribution is -2.32. The summed E-state index contributed by atoms with van der Waals surface area (Å²) in [5.74, 6) is -0.358. The molecule has 1 aliphatic heterocycles. The molecule has 0 radical (unpaired) electrons. The Hall–Kier alpha value is -1.13. The first-order chi connectivity index (χ1) is 8.11. The van der Waals surface area contributed by atoms with Crippen molar-refractivity contribution < 1.29 is 14.2 Å². The molecule has 1 aliphatic rings. The molecule has 94 valence electrons. The average Bonchev–Trinajstić information content (AvgIpc) is 2.80. The maximum absolute atomic E-state index is 13.7. The van der Waals surface area contributed by atoms with Crippen molar-refractivity contribution in [1.29, 1.82) is 0 Å². The van der Waals surface area contributed by atoms with Gasteiger partial charge in [0, 0.05) is 24.9 Å². The minimum absolute atomic E-state index is 0.259. The molecule has 1 N–H and O–H groups in total. The van der Waals surface area contributed by atoms with Gasteiger partial charge in [-0.25, -0.2) is 4.39 Å². The lowest BCUT2D eigenvalue weighted by Gasteiger charge is -2.28. The zero-order chi connectivity index (χ0) is 12.4. The Bertz CT molecular complexity index is 389. The van der Waals surface area contributed by atoms with Crippen LogP contribution < -0.4 is 4.90 Å². The topological polar surface area (TPSA) is 32.7 Å². The van der Waals surface area contributed by atoms with Crippen LogP contribution in [0.2, 0.25) is 0 Å². The molecule has 0 aromatic heterocycles. The number of halogens is 1. The number of aliphatic hydroxyl groups excluding tert-OH is 1. The van der Waals surface area contributed by atoms with Gasteiger partial charge in [-0.15, -0.1) is 0 Å². The van der Waals surface area contributed by atoms with E-state index in [2.05, 4.69) is 0 Å². The number of benzene rings is 1. The highest BCUT2D eigenvalue weighted by Crippen LogP contribution is 2.30. The summed E-state index contributed by atoms with van der Waals surface area (Å²) >= 11 is 0. The molecule has 3 nitrogen and oxygen atoms in total. The number of hydrogen-bond donors (Lipinski definition) is 1. The van der Waals surface area contributed by atoms with E-state index in [4.69, 9.17) is 4.74 Å². The van der Waals surface area contributed by atoms with Gasteiger partial charge in [-0.3, -0.25) is 0 Å². The van der Waals surface area contributed by atoms with Crippen molar-refractivity contribution in [1.82, 2.24) is 0 Å². The first-order valence-corrected chi connectivity index (χ1v) is 5.88. The Kier molecular flexibility index (Phi) is 3.64. The van der Waals surface area contributed by atoms with Crippen molar-refractivity contribution >= 4 is 5.69 Å². The molecule has 0 saturated carbocycles. The third kappa shape index (κ3) is 2.42. The fraction of sp³-hybridized carbons (Fsp3) is 0.538. The fourth-order valence-electron chi connectivity index (χ4n) is 2.27. The van der Waals surface area contributed by atoms with Crippen molar-refractivity contribution in [2.75, 3.05) is 25.2 Å². The van der Waals surface area contributed by atoms with E-state index in [0.717, 1.165) is 18.7 Å². The van der Waals surface area contributed by atoms with E-state index in [1.54, 1.807) is 13.0 Å². The van der Waals surface area contributed by atoms with Crippen LogP contribution in [0.25, 0.3) is 0 Å². The highest BCUT2D eigenvalue weighted by molar-refractivity contribution is 5.55. The molecule has 4 heteroatoms. The minimum Gasteiger partial charge on any atom is -0.389 e. The van der Waals surface area contributed by atoms with Gasteiger partial charge in [0.2, 0.25) is 0 Å². The molecular formula is C13H18FNO2. The maximum atomic E-state index is 13.7. The summed E-state index contributed by atoms with van der Waals surface area (Å²) in [6.45, 7) is 2.99. The molecule has 0 bridgehead atoms. The van der Waals surface area contributed by atoms with Crippen LogP contribution in [0.1, 0.15) is 25.0 Å². The molecule has 1 fully saturated rings. The van der Waals surface area contributed by atoms with Gasteiger partial charge in [-0.1, -0.05) is 6.07 Å². The smallest absolute Gasteiger partial charge is 0.131 e. The van der Waals surface area contributed by atoms with Crippen LogP contribution in [0.4, 0.5) is 10.1 Å². The minimum atomic E-state index is -0.809. The second-order valence-electron chi connectivity index (χ2n) is 4.48. The SMILES string of the molecule is C[C@@H](O)c1c(F)cccc1N(C)C1CCOC1. The van der Waals surface area contributed by atoms with Crippen LogP contribution in [-0.4, -0.2) is 31.4 Å². The van der Waals surface area contributed by atoms with Crippen LogP contribution in [-0.2, 0) is 4.74 Å². The van der Waals surface area contributed by atoms with Crippen molar-refractivity contribution in [3.8, 4) is 0 Å². The summed E-state index contributed by atoms with van der Waals surface area (Å²) in [7, 11) is 1.92. The standard InChI is InChI=1S/C13H18FNO2/c1-9(16)13-11(14)4-3-5-12(13)15(2)10-6-7-17-8-10/h3-5,9-10,16H,6-8H2,1-2H3/t9-,10?/m1/s1. The monoisotopic (exact) mass is 239 g/mol. The second kappa shape index (κ2) is 5.02. The van der Waals surface area contributed by atoms with Crippen LogP contribution in [0.5, 0.6) is 0 Å². The summed E-state index contributed by atoms with van der Waals surface area (Å²) in [5.41, 5.74) is 1.11. The normalized spacial score (nSPS) is 21.5. The average molecular weight is 239 g/mol. The molecule has 0 amide bonds. The molecule has 1 unspecified atom stereocenters. The van der Waals surface area contributed by atoms with Gasteiger partial charge in [-0.05, 0) is 25.5 Å². The Balaban J connectivity index is 2.33. The maximum Gasteiger partial charge on any atom is 0.131 e. The Morgan fingerprint density at radius 1 is 1.53 bits per heavy atom. The number of rotatable bonds is 3. The van der Waals surface area contributed by atoms with E-state index >= 15 is 0 Å². The van der Waals surface area contributed by atoms with Crippen molar-refractivity contribution in [2.24, 2.45) is 0 Å². The van der Waals surface area contributed by atoms with Gasteiger partial charge < -0.3 is 14.7 Å². The molecule has 1 heterocycles. The van der Waals surface area contributed by atoms with E-state index in [-0.39, 0.29) is 11.9 Å².